The molecule has 1 aliphatic rings. The number of hydrogen-bond donors (Lipinski definition) is 5. The molecule has 1 fully saturated rings. The highest BCUT2D eigenvalue weighted by Crippen LogP contribution is 2.40. The van der Waals surface area contributed by atoms with Crippen molar-refractivity contribution in [2.45, 2.75) is 43.5 Å². The van der Waals surface area contributed by atoms with E-state index >= 15 is 0 Å². The lowest BCUT2D eigenvalue weighted by molar-refractivity contribution is -0.277. The number of anilines is 1. The Labute approximate surface area is 149 Å². The van der Waals surface area contributed by atoms with Crippen LogP contribution in [0.2, 0.25) is 0 Å². The van der Waals surface area contributed by atoms with Gasteiger partial charge in [-0.25, -0.2) is 15.0 Å². The predicted octanol–water partition coefficient (Wildman–Crippen LogP) is -1.51. The fraction of sp³-hybridized carbons (Fsp3) is 0.667. The van der Waals surface area contributed by atoms with Crippen molar-refractivity contribution in [3.8, 4) is 0 Å². The quantitative estimate of drug-likeness (QED) is 0.272. The zero-order valence-electron chi connectivity index (χ0n) is 14.2. The second-order valence-corrected chi connectivity index (χ2v) is 6.19. The average molecular weight is 368 g/mol. The van der Waals surface area contributed by atoms with E-state index in [2.05, 4.69) is 15.0 Å². The van der Waals surface area contributed by atoms with Gasteiger partial charge in [-0.15, -0.1) is 0 Å². The van der Waals surface area contributed by atoms with Crippen molar-refractivity contribution < 1.29 is 24.8 Å². The molecule has 3 heterocycles. The second kappa shape index (κ2) is 7.78. The molecule has 26 heavy (non-hydrogen) atoms. The number of nitrogens with zero attached hydrogens (tertiary/aromatic N) is 4. The summed E-state index contributed by atoms with van der Waals surface area (Å²) in [6, 6.07) is 0. The maximum absolute atomic E-state index is 11.0. The zero-order valence-corrected chi connectivity index (χ0v) is 14.2. The Hall–Kier alpha value is -1.89. The van der Waals surface area contributed by atoms with E-state index in [0.717, 1.165) is 12.8 Å². The minimum absolute atomic E-state index is 0.178. The number of fused-ring (bicyclic) bond motifs is 1. The smallest absolute Gasteiger partial charge is 0.241 e. The molecule has 2 aromatic heterocycles. The third-order valence-corrected chi connectivity index (χ3v) is 4.43. The number of ether oxygens (including phenoxy) is 2. The Morgan fingerprint density at radius 1 is 1.27 bits per heavy atom. The van der Waals surface area contributed by atoms with Crippen LogP contribution in [0.25, 0.3) is 11.2 Å². The maximum Gasteiger partial charge on any atom is 0.241 e. The van der Waals surface area contributed by atoms with Gasteiger partial charge in [0.05, 0.1) is 19.5 Å². The van der Waals surface area contributed by atoms with Crippen molar-refractivity contribution in [2.24, 2.45) is 5.73 Å². The molecule has 11 heteroatoms. The normalized spacial score (nSPS) is 28.8. The van der Waals surface area contributed by atoms with E-state index < -0.39 is 30.8 Å². The highest BCUT2D eigenvalue weighted by molar-refractivity contribution is 5.81. The molecular weight excluding hydrogens is 344 g/mol. The molecule has 2 aromatic rings. The van der Waals surface area contributed by atoms with Gasteiger partial charge in [0.1, 0.15) is 24.1 Å². The van der Waals surface area contributed by atoms with Crippen LogP contribution in [0.1, 0.15) is 25.5 Å². The number of hydrogen-bond acceptors (Lipinski definition) is 10. The molecule has 0 unspecified atom stereocenters. The molecule has 11 nitrogen and oxygen atoms in total. The van der Waals surface area contributed by atoms with Gasteiger partial charge in [-0.2, -0.15) is 0 Å². The van der Waals surface area contributed by atoms with Crippen LogP contribution in [0.15, 0.2) is 12.7 Å². The van der Waals surface area contributed by atoms with Gasteiger partial charge in [0.2, 0.25) is 5.79 Å². The van der Waals surface area contributed by atoms with Crippen LogP contribution in [-0.4, -0.2) is 72.6 Å². The third kappa shape index (κ3) is 3.24. The molecule has 1 saturated heterocycles. The summed E-state index contributed by atoms with van der Waals surface area (Å²) in [5, 5.41) is 30.9. The summed E-state index contributed by atoms with van der Waals surface area (Å²) in [7, 11) is 0. The van der Waals surface area contributed by atoms with E-state index in [9.17, 15) is 15.3 Å². The van der Waals surface area contributed by atoms with Crippen LogP contribution in [-0.2, 0) is 9.47 Å². The van der Waals surface area contributed by atoms with Crippen molar-refractivity contribution in [1.29, 1.82) is 0 Å². The molecule has 3 rings (SSSR count). The SMILES string of the molecule is NCCCCCO[C@@]1(O)[C@H](O)[C@@H](CO)O[C@H]1n1cnc2c(N)ncnc21. The van der Waals surface area contributed by atoms with Crippen LogP contribution < -0.4 is 11.5 Å². The van der Waals surface area contributed by atoms with E-state index in [-0.39, 0.29) is 12.4 Å². The number of nitrogens with two attached hydrogens (primary N) is 2. The second-order valence-electron chi connectivity index (χ2n) is 6.19. The summed E-state index contributed by atoms with van der Waals surface area (Å²) in [5.41, 5.74) is 11.9. The number of aliphatic hydroxyl groups excluding tert-OH is 2. The van der Waals surface area contributed by atoms with Crippen LogP contribution >= 0.6 is 0 Å². The molecular formula is C15H24N6O5. The van der Waals surface area contributed by atoms with E-state index in [1.165, 1.54) is 17.2 Å². The molecule has 1 aliphatic heterocycles. The number of imidazole rings is 1. The predicted molar refractivity (Wildman–Crippen MR) is 90.5 cm³/mol. The summed E-state index contributed by atoms with van der Waals surface area (Å²) in [4.78, 5) is 12.1. The fourth-order valence-corrected chi connectivity index (χ4v) is 3.01. The minimum Gasteiger partial charge on any atom is -0.394 e. The molecule has 0 amide bonds. The Bertz CT molecular complexity index is 742. The number of aromatic nitrogens is 4. The summed E-state index contributed by atoms with van der Waals surface area (Å²) in [6.07, 6.45) is 1.31. The lowest BCUT2D eigenvalue weighted by Gasteiger charge is -2.31. The van der Waals surface area contributed by atoms with E-state index in [1.54, 1.807) is 0 Å². The molecule has 4 atom stereocenters. The van der Waals surface area contributed by atoms with Crippen molar-refractivity contribution in [2.75, 3.05) is 25.5 Å². The lowest BCUT2D eigenvalue weighted by atomic mass is 10.1. The van der Waals surface area contributed by atoms with Gasteiger partial charge in [0.15, 0.2) is 17.7 Å². The van der Waals surface area contributed by atoms with E-state index in [1.807, 2.05) is 0 Å². The zero-order chi connectivity index (χ0) is 18.7. The Balaban J connectivity index is 1.88. The standard InChI is InChI=1S/C15H24N6O5/c16-4-2-1-3-5-25-15(24)11(23)9(6-22)26-14(15)21-8-20-10-12(17)18-7-19-13(10)21/h7-9,11,14,22-24H,1-6,16H2,(H2,17,18,19)/t9-,11-,14-,15+/m1/s1. The first-order valence-corrected chi connectivity index (χ1v) is 8.46. The Kier molecular flexibility index (Phi) is 5.65. The lowest BCUT2D eigenvalue weighted by Crippen LogP contribution is -2.49. The van der Waals surface area contributed by atoms with Crippen molar-refractivity contribution >= 4 is 17.0 Å². The summed E-state index contributed by atoms with van der Waals surface area (Å²) >= 11 is 0. The third-order valence-electron chi connectivity index (χ3n) is 4.43. The number of unbranched alkanes of at least 4 members (excludes halogenated alkanes) is 2. The van der Waals surface area contributed by atoms with Crippen LogP contribution in [0.3, 0.4) is 0 Å². The van der Waals surface area contributed by atoms with Gasteiger partial charge >= 0.3 is 0 Å². The molecule has 0 aromatic carbocycles. The molecule has 7 N–H and O–H groups in total. The number of aliphatic hydroxyl groups is 3. The summed E-state index contributed by atoms with van der Waals surface area (Å²) in [6.45, 7) is 0.281. The number of nitrogen functional groups attached to an aromatic ring is 1. The van der Waals surface area contributed by atoms with Gasteiger partial charge in [-0.05, 0) is 25.8 Å². The van der Waals surface area contributed by atoms with E-state index in [0.29, 0.717) is 24.1 Å². The number of rotatable bonds is 8. The Morgan fingerprint density at radius 3 is 2.81 bits per heavy atom. The highest BCUT2D eigenvalue weighted by Gasteiger charge is 2.57. The van der Waals surface area contributed by atoms with Gasteiger partial charge in [-0.1, -0.05) is 0 Å². The molecule has 0 spiro atoms. The van der Waals surface area contributed by atoms with Gasteiger partial charge in [0.25, 0.3) is 0 Å². The first-order chi connectivity index (χ1) is 12.5. The fourth-order valence-electron chi connectivity index (χ4n) is 3.01. The summed E-state index contributed by atoms with van der Waals surface area (Å²) in [5.74, 6) is -1.90. The van der Waals surface area contributed by atoms with Gasteiger partial charge in [0, 0.05) is 0 Å². The average Bonchev–Trinajstić information content (AvgIpc) is 3.16. The van der Waals surface area contributed by atoms with Crippen molar-refractivity contribution in [3.63, 3.8) is 0 Å². The monoisotopic (exact) mass is 368 g/mol. The first kappa shape index (κ1) is 18.9. The Morgan fingerprint density at radius 2 is 2.08 bits per heavy atom. The largest absolute Gasteiger partial charge is 0.394 e. The molecule has 0 radical (unpaired) electrons. The highest BCUT2D eigenvalue weighted by atomic mass is 16.7. The van der Waals surface area contributed by atoms with Gasteiger partial charge in [-0.3, -0.25) is 4.57 Å². The van der Waals surface area contributed by atoms with Crippen molar-refractivity contribution in [3.05, 3.63) is 12.7 Å². The van der Waals surface area contributed by atoms with Crippen LogP contribution in [0.5, 0.6) is 0 Å². The van der Waals surface area contributed by atoms with E-state index in [4.69, 9.17) is 20.9 Å². The first-order valence-electron chi connectivity index (χ1n) is 8.46. The van der Waals surface area contributed by atoms with Crippen molar-refractivity contribution in [1.82, 2.24) is 19.5 Å². The minimum atomic E-state index is -2.08. The maximum atomic E-state index is 11.0. The molecule has 0 bridgehead atoms. The van der Waals surface area contributed by atoms with Gasteiger partial charge < -0.3 is 36.3 Å². The molecule has 144 valence electrons. The van der Waals surface area contributed by atoms with Crippen LogP contribution in [0.4, 0.5) is 5.82 Å². The van der Waals surface area contributed by atoms with Crippen LogP contribution in [0, 0.1) is 0 Å². The molecule has 0 aliphatic carbocycles. The summed E-state index contributed by atoms with van der Waals surface area (Å²) < 4.78 is 12.6. The topological polar surface area (TPSA) is 175 Å². The molecule has 0 saturated carbocycles.